The first-order valence-corrected chi connectivity index (χ1v) is 4.30. The maximum atomic E-state index is 4.26. The minimum Gasteiger partial charge on any atom is -0.133 e. The molecule has 0 aliphatic carbocycles. The standard InChI is InChI=1S/C8H6S2/c9-8-5-6-3-1-2-4-7(6)10-8/h1-5,9H. The maximum Gasteiger partial charge on any atom is 0.0580 e. The van der Waals surface area contributed by atoms with Crippen LogP contribution >= 0.6 is 24.0 Å². The van der Waals surface area contributed by atoms with Crippen LogP contribution in [0.4, 0.5) is 0 Å². The Morgan fingerprint density at radius 2 is 2.00 bits per heavy atom. The van der Waals surface area contributed by atoms with Crippen molar-refractivity contribution in [1.29, 1.82) is 0 Å². The summed E-state index contributed by atoms with van der Waals surface area (Å²) < 4.78 is 2.40. The number of hydrogen-bond donors (Lipinski definition) is 1. The van der Waals surface area contributed by atoms with E-state index in [9.17, 15) is 0 Å². The molecule has 0 amide bonds. The van der Waals surface area contributed by atoms with Gasteiger partial charge in [0.1, 0.15) is 0 Å². The van der Waals surface area contributed by atoms with Gasteiger partial charge in [0.2, 0.25) is 0 Å². The molecule has 2 rings (SSSR count). The van der Waals surface area contributed by atoms with E-state index < -0.39 is 0 Å². The molecule has 0 spiro atoms. The van der Waals surface area contributed by atoms with E-state index in [0.717, 1.165) is 4.21 Å². The second kappa shape index (κ2) is 2.29. The number of thiol groups is 1. The second-order valence-electron chi connectivity index (χ2n) is 2.12. The molecular formula is C8H6S2. The molecule has 0 bridgehead atoms. The summed E-state index contributed by atoms with van der Waals surface area (Å²) in [5.41, 5.74) is 0. The van der Waals surface area contributed by atoms with Gasteiger partial charge in [0.15, 0.2) is 0 Å². The summed E-state index contributed by atoms with van der Waals surface area (Å²) in [5, 5.41) is 1.29. The van der Waals surface area contributed by atoms with E-state index in [1.807, 2.05) is 12.1 Å². The molecule has 50 valence electrons. The van der Waals surface area contributed by atoms with E-state index in [1.165, 1.54) is 10.1 Å². The van der Waals surface area contributed by atoms with Crippen molar-refractivity contribution in [2.45, 2.75) is 4.21 Å². The van der Waals surface area contributed by atoms with Gasteiger partial charge >= 0.3 is 0 Å². The van der Waals surface area contributed by atoms with E-state index in [4.69, 9.17) is 0 Å². The van der Waals surface area contributed by atoms with Crippen molar-refractivity contribution in [1.82, 2.24) is 0 Å². The molecule has 1 heterocycles. The third kappa shape index (κ3) is 0.935. The third-order valence-corrected chi connectivity index (χ3v) is 2.73. The van der Waals surface area contributed by atoms with Crippen LogP contribution in [0, 0.1) is 0 Å². The molecule has 0 fully saturated rings. The third-order valence-electron chi connectivity index (χ3n) is 1.41. The molecule has 0 saturated carbocycles. The van der Waals surface area contributed by atoms with E-state index in [1.54, 1.807) is 11.3 Å². The van der Waals surface area contributed by atoms with Crippen LogP contribution in [0.15, 0.2) is 34.5 Å². The van der Waals surface area contributed by atoms with E-state index in [0.29, 0.717) is 0 Å². The van der Waals surface area contributed by atoms with Crippen molar-refractivity contribution < 1.29 is 0 Å². The van der Waals surface area contributed by atoms with Gasteiger partial charge in [-0.25, -0.2) is 0 Å². The van der Waals surface area contributed by atoms with E-state index in [-0.39, 0.29) is 0 Å². The summed E-state index contributed by atoms with van der Waals surface area (Å²) in [6, 6.07) is 10.4. The van der Waals surface area contributed by atoms with Gasteiger partial charge in [-0.3, -0.25) is 0 Å². The van der Waals surface area contributed by atoms with Crippen molar-refractivity contribution in [3.05, 3.63) is 30.3 Å². The fraction of sp³-hybridized carbons (Fsp3) is 0. The van der Waals surface area contributed by atoms with E-state index in [2.05, 4.69) is 30.8 Å². The molecule has 0 nitrogen and oxygen atoms in total. The highest BCUT2D eigenvalue weighted by molar-refractivity contribution is 7.83. The lowest BCUT2D eigenvalue weighted by Crippen LogP contribution is -1.56. The van der Waals surface area contributed by atoms with Gasteiger partial charge in [-0.1, -0.05) is 18.2 Å². The molecule has 0 aliphatic heterocycles. The molecule has 10 heavy (non-hydrogen) atoms. The first-order valence-electron chi connectivity index (χ1n) is 3.04. The van der Waals surface area contributed by atoms with Crippen LogP contribution in [0.25, 0.3) is 10.1 Å². The summed E-state index contributed by atoms with van der Waals surface area (Å²) in [6.45, 7) is 0. The Kier molecular flexibility index (Phi) is 1.43. The zero-order chi connectivity index (χ0) is 6.97. The highest BCUT2D eigenvalue weighted by Gasteiger charge is 1.94. The Bertz CT molecular complexity index is 316. The Hall–Kier alpha value is -0.470. The van der Waals surface area contributed by atoms with Crippen LogP contribution in [-0.2, 0) is 0 Å². The van der Waals surface area contributed by atoms with Crippen LogP contribution in [0.1, 0.15) is 0 Å². The fourth-order valence-corrected chi connectivity index (χ4v) is 2.20. The average molecular weight is 166 g/mol. The molecule has 0 N–H and O–H groups in total. The molecule has 2 heteroatoms. The van der Waals surface area contributed by atoms with Crippen LogP contribution in [-0.4, -0.2) is 0 Å². The Morgan fingerprint density at radius 3 is 2.80 bits per heavy atom. The molecule has 2 aromatic rings. The molecule has 1 aromatic heterocycles. The van der Waals surface area contributed by atoms with Gasteiger partial charge in [0.25, 0.3) is 0 Å². The predicted octanol–water partition coefficient (Wildman–Crippen LogP) is 3.19. The zero-order valence-electron chi connectivity index (χ0n) is 5.24. The average Bonchev–Trinajstić information content (AvgIpc) is 2.27. The highest BCUT2D eigenvalue weighted by atomic mass is 32.2. The Balaban J connectivity index is 2.88. The number of fused-ring (bicyclic) bond motifs is 1. The Morgan fingerprint density at radius 1 is 1.20 bits per heavy atom. The molecule has 0 radical (unpaired) electrons. The van der Waals surface area contributed by atoms with Gasteiger partial charge in [-0.2, -0.15) is 0 Å². The van der Waals surface area contributed by atoms with Crippen LogP contribution in [0.2, 0.25) is 0 Å². The molecule has 0 saturated heterocycles. The molecule has 0 unspecified atom stereocenters. The van der Waals surface area contributed by atoms with Gasteiger partial charge in [0.05, 0.1) is 4.21 Å². The number of hydrogen-bond acceptors (Lipinski definition) is 2. The summed E-state index contributed by atoms with van der Waals surface area (Å²) in [4.78, 5) is 0. The van der Waals surface area contributed by atoms with Crippen LogP contribution in [0.3, 0.4) is 0 Å². The lowest BCUT2D eigenvalue weighted by atomic mass is 10.3. The molecule has 0 aliphatic rings. The van der Waals surface area contributed by atoms with Crippen molar-refractivity contribution in [2.75, 3.05) is 0 Å². The first kappa shape index (κ1) is 6.25. The predicted molar refractivity (Wildman–Crippen MR) is 49.1 cm³/mol. The SMILES string of the molecule is Sc1cc2ccccc2s1. The Labute approximate surface area is 68.9 Å². The zero-order valence-corrected chi connectivity index (χ0v) is 6.95. The van der Waals surface area contributed by atoms with Crippen molar-refractivity contribution in [3.63, 3.8) is 0 Å². The maximum absolute atomic E-state index is 4.26. The number of rotatable bonds is 0. The highest BCUT2D eigenvalue weighted by Crippen LogP contribution is 2.27. The fourth-order valence-electron chi connectivity index (χ4n) is 0.968. The molecule has 1 aromatic carbocycles. The first-order chi connectivity index (χ1) is 4.86. The lowest BCUT2D eigenvalue weighted by molar-refractivity contribution is 1.78. The number of benzene rings is 1. The second-order valence-corrected chi connectivity index (χ2v) is 3.99. The molecule has 0 atom stereocenters. The number of thiophene rings is 1. The van der Waals surface area contributed by atoms with Crippen molar-refractivity contribution in [2.24, 2.45) is 0 Å². The summed E-state index contributed by atoms with van der Waals surface area (Å²) in [5.74, 6) is 0. The lowest BCUT2D eigenvalue weighted by Gasteiger charge is -1.82. The van der Waals surface area contributed by atoms with Crippen LogP contribution < -0.4 is 0 Å². The largest absolute Gasteiger partial charge is 0.133 e. The van der Waals surface area contributed by atoms with Crippen LogP contribution in [0.5, 0.6) is 0 Å². The van der Waals surface area contributed by atoms with Crippen molar-refractivity contribution >= 4 is 34.1 Å². The smallest absolute Gasteiger partial charge is 0.0580 e. The quantitative estimate of drug-likeness (QED) is 0.571. The monoisotopic (exact) mass is 166 g/mol. The summed E-state index contributed by atoms with van der Waals surface area (Å²) in [6.07, 6.45) is 0. The molecular weight excluding hydrogens is 160 g/mol. The van der Waals surface area contributed by atoms with Crippen molar-refractivity contribution in [3.8, 4) is 0 Å². The van der Waals surface area contributed by atoms with Gasteiger partial charge in [-0.15, -0.1) is 24.0 Å². The van der Waals surface area contributed by atoms with Gasteiger partial charge in [0, 0.05) is 4.70 Å². The van der Waals surface area contributed by atoms with Gasteiger partial charge in [-0.05, 0) is 17.5 Å². The van der Waals surface area contributed by atoms with E-state index >= 15 is 0 Å². The summed E-state index contributed by atoms with van der Waals surface area (Å²) >= 11 is 5.98. The normalized spacial score (nSPS) is 10.5. The minimum atomic E-state index is 1.08. The van der Waals surface area contributed by atoms with Gasteiger partial charge < -0.3 is 0 Å². The topological polar surface area (TPSA) is 0 Å². The minimum absolute atomic E-state index is 1.08. The summed E-state index contributed by atoms with van der Waals surface area (Å²) in [7, 11) is 0.